The molecule has 0 saturated heterocycles. The van der Waals surface area contributed by atoms with Gasteiger partial charge in [0.2, 0.25) is 0 Å². The first-order valence-corrected chi connectivity index (χ1v) is 20.1. The lowest BCUT2D eigenvalue weighted by atomic mass is 10.0. The van der Waals surface area contributed by atoms with Crippen LogP contribution in [0.5, 0.6) is 0 Å². The van der Waals surface area contributed by atoms with Gasteiger partial charge in [0.25, 0.3) is 0 Å². The van der Waals surface area contributed by atoms with Crippen molar-refractivity contribution < 1.29 is 8.83 Å². The fraction of sp³-hybridized carbons (Fsp3) is 0. The summed E-state index contributed by atoms with van der Waals surface area (Å²) >= 11 is 1.79. The Morgan fingerprint density at radius 1 is 0.397 bits per heavy atom. The zero-order valence-electron chi connectivity index (χ0n) is 30.7. The second-order valence-corrected chi connectivity index (χ2v) is 15.8. The summed E-state index contributed by atoms with van der Waals surface area (Å²) in [4.78, 5) is 15.9. The van der Waals surface area contributed by atoms with E-state index >= 15 is 0 Å². The quantitative estimate of drug-likeness (QED) is 0.179. The smallest absolute Gasteiger partial charge is 0.164 e. The molecular formula is C51H28N4O2S. The highest BCUT2D eigenvalue weighted by atomic mass is 32.1. The van der Waals surface area contributed by atoms with Crippen molar-refractivity contribution in [2.24, 2.45) is 0 Å². The van der Waals surface area contributed by atoms with Crippen LogP contribution in [0.4, 0.5) is 0 Å². The Morgan fingerprint density at radius 3 is 1.93 bits per heavy atom. The van der Waals surface area contributed by atoms with Crippen LogP contribution in [0, 0.1) is 0 Å². The van der Waals surface area contributed by atoms with Crippen LogP contribution < -0.4 is 0 Å². The fourth-order valence-corrected chi connectivity index (χ4v) is 10.1. The van der Waals surface area contributed by atoms with Crippen LogP contribution in [0.15, 0.2) is 179 Å². The normalized spacial score (nSPS) is 12.1. The predicted octanol–water partition coefficient (Wildman–Crippen LogP) is 14.1. The Bertz CT molecular complexity index is 3820. The van der Waals surface area contributed by atoms with Crippen molar-refractivity contribution in [3.8, 4) is 39.9 Å². The molecule has 0 spiro atoms. The summed E-state index contributed by atoms with van der Waals surface area (Å²) in [5.74, 6) is 1.79. The first kappa shape index (κ1) is 31.6. The van der Waals surface area contributed by atoms with E-state index in [1.54, 1.807) is 11.3 Å². The number of hydrogen-bond acceptors (Lipinski definition) is 6. The third kappa shape index (κ3) is 4.50. The van der Waals surface area contributed by atoms with Crippen molar-refractivity contribution in [3.63, 3.8) is 0 Å². The van der Waals surface area contributed by atoms with Crippen molar-refractivity contribution in [3.05, 3.63) is 170 Å². The first-order valence-electron chi connectivity index (χ1n) is 19.3. The molecule has 58 heavy (non-hydrogen) atoms. The summed E-state index contributed by atoms with van der Waals surface area (Å²) in [6.45, 7) is 0. The number of rotatable bonds is 4. The Labute approximate surface area is 333 Å². The van der Waals surface area contributed by atoms with E-state index in [1.807, 2.05) is 42.5 Å². The monoisotopic (exact) mass is 760 g/mol. The SMILES string of the molecule is c1ccc(-c2nc(-c3cc(-n4c5ccccc5c5c6oc7ccccc7c6ccc54)cc4oc5ccccc5c34)nc(-c3cccc4sc5ccccc5c34)n2)cc1. The lowest BCUT2D eigenvalue weighted by molar-refractivity contribution is 0.668. The van der Waals surface area contributed by atoms with Crippen LogP contribution in [-0.2, 0) is 0 Å². The molecule has 0 unspecified atom stereocenters. The van der Waals surface area contributed by atoms with Gasteiger partial charge in [0.15, 0.2) is 17.5 Å². The maximum atomic E-state index is 6.71. The highest BCUT2D eigenvalue weighted by molar-refractivity contribution is 7.25. The Kier molecular flexibility index (Phi) is 6.50. The van der Waals surface area contributed by atoms with Gasteiger partial charge in [0.05, 0.1) is 22.1 Å². The van der Waals surface area contributed by atoms with E-state index in [0.717, 1.165) is 93.4 Å². The van der Waals surface area contributed by atoms with E-state index in [0.29, 0.717) is 17.5 Å². The maximum Gasteiger partial charge on any atom is 0.164 e. The third-order valence-corrected chi connectivity index (χ3v) is 12.6. The summed E-state index contributed by atoms with van der Waals surface area (Å²) in [5.41, 5.74) is 9.06. The van der Waals surface area contributed by atoms with Crippen LogP contribution >= 0.6 is 11.3 Å². The molecule has 0 saturated carbocycles. The van der Waals surface area contributed by atoms with Gasteiger partial charge in [0, 0.05) is 69.9 Å². The molecule has 5 aromatic heterocycles. The number of fused-ring (bicyclic) bond motifs is 13. The van der Waals surface area contributed by atoms with E-state index in [-0.39, 0.29) is 0 Å². The summed E-state index contributed by atoms with van der Waals surface area (Å²) < 4.78 is 18.1. The van der Waals surface area contributed by atoms with Gasteiger partial charge in [0.1, 0.15) is 22.3 Å². The van der Waals surface area contributed by atoms with E-state index in [4.69, 9.17) is 23.8 Å². The molecule has 0 aliphatic carbocycles. The largest absolute Gasteiger partial charge is 0.456 e. The van der Waals surface area contributed by atoms with Gasteiger partial charge in [-0.2, -0.15) is 0 Å². The van der Waals surface area contributed by atoms with Gasteiger partial charge in [-0.15, -0.1) is 11.3 Å². The summed E-state index contributed by atoms with van der Waals surface area (Å²) in [7, 11) is 0. The number of aromatic nitrogens is 4. The molecule has 0 fully saturated rings. The summed E-state index contributed by atoms with van der Waals surface area (Å²) in [5, 5.41) is 8.67. The number of thiophene rings is 1. The van der Waals surface area contributed by atoms with Gasteiger partial charge < -0.3 is 13.4 Å². The Hall–Kier alpha value is -7.61. The molecule has 270 valence electrons. The Balaban J connectivity index is 1.14. The minimum atomic E-state index is 0.569. The van der Waals surface area contributed by atoms with E-state index in [1.165, 1.54) is 14.8 Å². The minimum absolute atomic E-state index is 0.569. The molecule has 5 heterocycles. The van der Waals surface area contributed by atoms with Gasteiger partial charge in [-0.25, -0.2) is 15.0 Å². The third-order valence-electron chi connectivity index (χ3n) is 11.5. The van der Waals surface area contributed by atoms with Crippen LogP contribution in [0.25, 0.3) is 126 Å². The molecule has 13 rings (SSSR count). The van der Waals surface area contributed by atoms with Crippen molar-refractivity contribution in [2.75, 3.05) is 0 Å². The zero-order chi connectivity index (χ0) is 37.9. The first-order chi connectivity index (χ1) is 28.7. The molecule has 0 radical (unpaired) electrons. The molecule has 6 nitrogen and oxygen atoms in total. The van der Waals surface area contributed by atoms with Crippen molar-refractivity contribution in [1.29, 1.82) is 0 Å². The maximum absolute atomic E-state index is 6.71. The molecule has 0 amide bonds. The van der Waals surface area contributed by atoms with E-state index in [2.05, 4.69) is 132 Å². The van der Waals surface area contributed by atoms with Gasteiger partial charge in [-0.1, -0.05) is 115 Å². The number of hydrogen-bond donors (Lipinski definition) is 0. The predicted molar refractivity (Wildman–Crippen MR) is 238 cm³/mol. The number of para-hydroxylation sites is 3. The van der Waals surface area contributed by atoms with Gasteiger partial charge in [-0.05, 0) is 48.5 Å². The molecule has 0 atom stereocenters. The Morgan fingerprint density at radius 2 is 1.07 bits per heavy atom. The van der Waals surface area contributed by atoms with Crippen LogP contribution in [0.2, 0.25) is 0 Å². The molecular weight excluding hydrogens is 733 g/mol. The van der Waals surface area contributed by atoms with Crippen LogP contribution in [-0.4, -0.2) is 19.5 Å². The summed E-state index contributed by atoms with van der Waals surface area (Å²) in [6, 6.07) is 58.9. The molecule has 0 aliphatic heterocycles. The minimum Gasteiger partial charge on any atom is -0.456 e. The lowest BCUT2D eigenvalue weighted by Crippen LogP contribution is -2.02. The number of furan rings is 2. The molecule has 7 heteroatoms. The average molecular weight is 761 g/mol. The molecule has 0 bridgehead atoms. The average Bonchev–Trinajstić information content (AvgIpc) is 4.05. The van der Waals surface area contributed by atoms with Crippen LogP contribution in [0.3, 0.4) is 0 Å². The van der Waals surface area contributed by atoms with Gasteiger partial charge in [-0.3, -0.25) is 0 Å². The van der Waals surface area contributed by atoms with Crippen molar-refractivity contribution in [2.45, 2.75) is 0 Å². The fourth-order valence-electron chi connectivity index (χ4n) is 8.95. The zero-order valence-corrected chi connectivity index (χ0v) is 31.5. The van der Waals surface area contributed by atoms with Crippen molar-refractivity contribution in [1.82, 2.24) is 19.5 Å². The highest BCUT2D eigenvalue weighted by Crippen LogP contribution is 2.44. The van der Waals surface area contributed by atoms with E-state index in [9.17, 15) is 0 Å². The second-order valence-electron chi connectivity index (χ2n) is 14.7. The molecule has 0 aliphatic rings. The van der Waals surface area contributed by atoms with Crippen molar-refractivity contribution >= 4 is 97.2 Å². The molecule has 13 aromatic rings. The lowest BCUT2D eigenvalue weighted by Gasteiger charge is -2.13. The topological polar surface area (TPSA) is 69.9 Å². The van der Waals surface area contributed by atoms with E-state index < -0.39 is 0 Å². The van der Waals surface area contributed by atoms with Crippen LogP contribution in [0.1, 0.15) is 0 Å². The molecule has 8 aromatic carbocycles. The molecule has 0 N–H and O–H groups in total. The second kappa shape index (κ2) is 11.9. The highest BCUT2D eigenvalue weighted by Gasteiger charge is 2.24. The van der Waals surface area contributed by atoms with Gasteiger partial charge >= 0.3 is 0 Å². The number of benzene rings is 8. The number of nitrogens with zero attached hydrogens (tertiary/aromatic N) is 4. The summed E-state index contributed by atoms with van der Waals surface area (Å²) in [6.07, 6.45) is 0. The standard InChI is InChI=1S/C51H28N4O2S/c1-2-13-29(14-3-1)49-52-50(36-19-12-24-44-46(36)35-18-7-11-23-43(35)58-44)54-51(53-49)37-27-30(28-42-45(37)34-17-6-10-22-41(34)56-42)55-38-20-8-4-16-33(38)47-39(55)26-25-32-31-15-5-9-21-40(31)57-48(32)47/h1-28H.